The Morgan fingerprint density at radius 2 is 0.563 bits per heavy atom. The van der Waals surface area contributed by atoms with Crippen LogP contribution in [0.1, 0.15) is 239 Å². The Morgan fingerprint density at radius 3 is 0.915 bits per heavy atom. The lowest BCUT2D eigenvalue weighted by Gasteiger charge is -2.18. The van der Waals surface area contributed by atoms with Crippen LogP contribution in [0.3, 0.4) is 0 Å². The Balaban J connectivity index is 4.48. The van der Waals surface area contributed by atoms with E-state index in [4.69, 9.17) is 14.2 Å². The van der Waals surface area contributed by atoms with Crippen LogP contribution in [-0.4, -0.2) is 37.2 Å². The summed E-state index contributed by atoms with van der Waals surface area (Å²) < 4.78 is 16.8. The minimum atomic E-state index is -0.821. The summed E-state index contributed by atoms with van der Waals surface area (Å²) in [5, 5.41) is 0. The van der Waals surface area contributed by atoms with Crippen LogP contribution in [0.2, 0.25) is 0 Å². The minimum absolute atomic E-state index is 0.113. The van der Waals surface area contributed by atoms with Gasteiger partial charge in [0.15, 0.2) is 6.10 Å². The van der Waals surface area contributed by atoms with E-state index in [1.807, 2.05) is 0 Å². The molecule has 0 aromatic rings. The van der Waals surface area contributed by atoms with Crippen LogP contribution in [0.5, 0.6) is 0 Å². The van der Waals surface area contributed by atoms with E-state index >= 15 is 0 Å². The van der Waals surface area contributed by atoms with Crippen molar-refractivity contribution in [3.8, 4) is 0 Å². The van der Waals surface area contributed by atoms with Gasteiger partial charge in [0.2, 0.25) is 0 Å². The second-order valence-electron chi connectivity index (χ2n) is 18.4. The average Bonchev–Trinajstić information content (AvgIpc) is 3.37. The van der Waals surface area contributed by atoms with Gasteiger partial charge in [-0.05, 0) is 128 Å². The summed E-state index contributed by atoms with van der Waals surface area (Å²) in [5.41, 5.74) is 0. The molecule has 0 heterocycles. The highest BCUT2D eigenvalue weighted by Gasteiger charge is 2.19. The van der Waals surface area contributed by atoms with E-state index in [-0.39, 0.29) is 37.5 Å². The monoisotopic (exact) mass is 981 g/mol. The molecule has 0 bridgehead atoms. The SMILES string of the molecule is CC/C=C\C/C=C\C/C=C\C/C=C\C/C=C\CCCCCCCCCC(=O)OCC(COC(=O)CCCCCCC/C=C\CCCCCC)OC(=O)CCC/C=C\C/C=C\C/C=C\C/C=C\C/C=C\CC. The van der Waals surface area contributed by atoms with Crippen LogP contribution in [0.4, 0.5) is 0 Å². The summed E-state index contributed by atoms with van der Waals surface area (Å²) >= 11 is 0. The van der Waals surface area contributed by atoms with E-state index in [1.165, 1.54) is 64.2 Å². The highest BCUT2D eigenvalue weighted by atomic mass is 16.6. The molecule has 0 aromatic carbocycles. The number of carbonyl (C=O) groups is 3. The maximum absolute atomic E-state index is 12.8. The van der Waals surface area contributed by atoms with Crippen molar-refractivity contribution in [1.82, 2.24) is 0 Å². The quantitative estimate of drug-likeness (QED) is 0.0262. The van der Waals surface area contributed by atoms with Crippen molar-refractivity contribution in [2.75, 3.05) is 13.2 Å². The zero-order valence-electron chi connectivity index (χ0n) is 45.7. The van der Waals surface area contributed by atoms with Gasteiger partial charge >= 0.3 is 17.9 Å². The van der Waals surface area contributed by atoms with Crippen molar-refractivity contribution >= 4 is 17.9 Å². The van der Waals surface area contributed by atoms with Gasteiger partial charge in [-0.1, -0.05) is 225 Å². The molecule has 0 N–H and O–H groups in total. The molecule has 1 unspecified atom stereocenters. The fraction of sp³-hybridized carbons (Fsp3) is 0.615. The molecule has 0 aromatic heterocycles. The molecule has 0 aliphatic carbocycles. The first-order valence-corrected chi connectivity index (χ1v) is 28.7. The summed E-state index contributed by atoms with van der Waals surface area (Å²) in [6.07, 6.45) is 81.6. The Labute approximate surface area is 436 Å². The number of ether oxygens (including phenoxy) is 3. The number of carbonyl (C=O) groups excluding carboxylic acids is 3. The lowest BCUT2D eigenvalue weighted by Crippen LogP contribution is -2.30. The van der Waals surface area contributed by atoms with Gasteiger partial charge in [0.05, 0.1) is 0 Å². The van der Waals surface area contributed by atoms with Crippen molar-refractivity contribution in [3.05, 3.63) is 134 Å². The highest BCUT2D eigenvalue weighted by molar-refractivity contribution is 5.71. The number of unbranched alkanes of at least 4 members (excludes halogenated alkanes) is 17. The van der Waals surface area contributed by atoms with Crippen LogP contribution in [0.15, 0.2) is 134 Å². The number of hydrogen-bond donors (Lipinski definition) is 0. The molecule has 1 atom stereocenters. The number of hydrogen-bond acceptors (Lipinski definition) is 6. The van der Waals surface area contributed by atoms with Crippen molar-refractivity contribution in [1.29, 1.82) is 0 Å². The van der Waals surface area contributed by atoms with E-state index in [0.717, 1.165) is 128 Å². The van der Waals surface area contributed by atoms with Crippen molar-refractivity contribution in [3.63, 3.8) is 0 Å². The van der Waals surface area contributed by atoms with Crippen LogP contribution in [0, 0.1) is 0 Å². The van der Waals surface area contributed by atoms with E-state index in [1.54, 1.807) is 0 Å². The maximum atomic E-state index is 12.8. The molecule has 6 heteroatoms. The standard InChI is InChI=1S/C65H104O6/c1-4-7-10-13-16-19-22-25-27-29-30-31-32-33-34-36-37-40-43-46-49-52-55-58-64(67)70-61-62(60-69-63(66)57-54-51-48-45-42-39-24-21-18-15-12-9-6-3)71-65(68)59-56-53-50-47-44-41-38-35-28-26-23-20-17-14-11-8-5-2/h7-8,10-11,16-17,19-21,24-28,30-31,33-34,38,41,47,50,62H,4-6,9,12-15,18,22-23,29,32,35-37,39-40,42-46,48-49,51-61H2,1-3H3/b10-7-,11-8-,19-16-,20-17-,24-21-,27-25-,28-26-,31-30-,34-33-,41-38-,50-47-. The number of esters is 3. The van der Waals surface area contributed by atoms with Gasteiger partial charge in [0, 0.05) is 19.3 Å². The molecule has 0 fully saturated rings. The van der Waals surface area contributed by atoms with Gasteiger partial charge in [0.1, 0.15) is 13.2 Å². The lowest BCUT2D eigenvalue weighted by atomic mass is 10.1. The number of rotatable bonds is 50. The predicted octanol–water partition coefficient (Wildman–Crippen LogP) is 19.4. The molecule has 0 saturated heterocycles. The van der Waals surface area contributed by atoms with Gasteiger partial charge in [-0.2, -0.15) is 0 Å². The normalized spacial score (nSPS) is 13.1. The van der Waals surface area contributed by atoms with E-state index in [2.05, 4.69) is 154 Å². The molecular weight excluding hydrogens is 877 g/mol. The minimum Gasteiger partial charge on any atom is -0.462 e. The first kappa shape index (κ1) is 66.6. The summed E-state index contributed by atoms with van der Waals surface area (Å²) in [4.78, 5) is 38.1. The first-order valence-electron chi connectivity index (χ1n) is 28.7. The molecule has 0 saturated carbocycles. The third-order valence-corrected chi connectivity index (χ3v) is 11.6. The second-order valence-corrected chi connectivity index (χ2v) is 18.4. The fourth-order valence-electron chi connectivity index (χ4n) is 7.38. The molecule has 0 aliphatic heterocycles. The molecule has 0 aliphatic rings. The zero-order valence-corrected chi connectivity index (χ0v) is 45.7. The topological polar surface area (TPSA) is 78.9 Å². The van der Waals surface area contributed by atoms with Gasteiger partial charge in [0.25, 0.3) is 0 Å². The molecule has 0 radical (unpaired) electrons. The van der Waals surface area contributed by atoms with E-state index in [0.29, 0.717) is 19.3 Å². The van der Waals surface area contributed by atoms with Gasteiger partial charge in [-0.3, -0.25) is 14.4 Å². The molecular formula is C65H104O6. The van der Waals surface area contributed by atoms with Gasteiger partial charge < -0.3 is 14.2 Å². The Kier molecular flexibility index (Phi) is 54.5. The lowest BCUT2D eigenvalue weighted by molar-refractivity contribution is -0.167. The van der Waals surface area contributed by atoms with E-state index in [9.17, 15) is 14.4 Å². The fourth-order valence-corrected chi connectivity index (χ4v) is 7.38. The Morgan fingerprint density at radius 1 is 0.296 bits per heavy atom. The summed E-state index contributed by atoms with van der Waals surface area (Å²) in [6, 6.07) is 0. The van der Waals surface area contributed by atoms with Crippen molar-refractivity contribution < 1.29 is 28.6 Å². The zero-order chi connectivity index (χ0) is 51.4. The van der Waals surface area contributed by atoms with Crippen molar-refractivity contribution in [2.45, 2.75) is 245 Å². The third kappa shape index (κ3) is 56.3. The molecule has 0 spiro atoms. The van der Waals surface area contributed by atoms with Crippen LogP contribution >= 0.6 is 0 Å². The predicted molar refractivity (Wildman–Crippen MR) is 306 cm³/mol. The maximum Gasteiger partial charge on any atom is 0.306 e. The van der Waals surface area contributed by atoms with Crippen molar-refractivity contribution in [2.24, 2.45) is 0 Å². The smallest absolute Gasteiger partial charge is 0.306 e. The van der Waals surface area contributed by atoms with Gasteiger partial charge in [-0.15, -0.1) is 0 Å². The molecule has 71 heavy (non-hydrogen) atoms. The summed E-state index contributed by atoms with van der Waals surface area (Å²) in [6.45, 7) is 6.32. The Bertz CT molecular complexity index is 1550. The second kappa shape index (κ2) is 58.1. The molecule has 0 amide bonds. The molecule has 6 nitrogen and oxygen atoms in total. The first-order chi connectivity index (χ1) is 35.0. The van der Waals surface area contributed by atoms with Crippen LogP contribution in [-0.2, 0) is 28.6 Å². The summed E-state index contributed by atoms with van der Waals surface area (Å²) in [7, 11) is 0. The highest BCUT2D eigenvalue weighted by Crippen LogP contribution is 2.13. The molecule has 400 valence electrons. The summed E-state index contributed by atoms with van der Waals surface area (Å²) in [5.74, 6) is -0.995. The average molecular weight is 982 g/mol. The Hall–Kier alpha value is -4.45. The molecule has 0 rings (SSSR count). The largest absolute Gasteiger partial charge is 0.462 e. The number of allylic oxidation sites excluding steroid dienone is 22. The van der Waals surface area contributed by atoms with Crippen LogP contribution < -0.4 is 0 Å². The van der Waals surface area contributed by atoms with E-state index < -0.39 is 6.10 Å². The third-order valence-electron chi connectivity index (χ3n) is 11.6. The van der Waals surface area contributed by atoms with Crippen LogP contribution in [0.25, 0.3) is 0 Å². The van der Waals surface area contributed by atoms with Gasteiger partial charge in [-0.25, -0.2) is 0 Å².